The number of piperazine rings is 1. The molecule has 19 heavy (non-hydrogen) atoms. The molecule has 5 heteroatoms. The number of rotatable bonds is 4. The summed E-state index contributed by atoms with van der Waals surface area (Å²) in [7, 11) is 2.17. The molecule has 1 unspecified atom stereocenters. The predicted molar refractivity (Wildman–Crippen MR) is 78.3 cm³/mol. The Balaban J connectivity index is 1.94. The van der Waals surface area contributed by atoms with Crippen LogP contribution in [0.4, 0.5) is 5.82 Å². The van der Waals surface area contributed by atoms with Gasteiger partial charge in [0.05, 0.1) is 18.1 Å². The maximum atomic E-state index is 4.54. The molecule has 5 nitrogen and oxygen atoms in total. The van der Waals surface area contributed by atoms with E-state index in [4.69, 9.17) is 0 Å². The van der Waals surface area contributed by atoms with Crippen LogP contribution in [0.25, 0.3) is 0 Å². The van der Waals surface area contributed by atoms with Crippen molar-refractivity contribution in [3.8, 4) is 0 Å². The summed E-state index contributed by atoms with van der Waals surface area (Å²) in [5.74, 6) is 0.994. The van der Waals surface area contributed by atoms with E-state index in [0.717, 1.165) is 37.7 Å². The van der Waals surface area contributed by atoms with E-state index in [0.29, 0.717) is 12.1 Å². The molecule has 1 fully saturated rings. The van der Waals surface area contributed by atoms with E-state index < -0.39 is 0 Å². The van der Waals surface area contributed by atoms with E-state index in [9.17, 15) is 0 Å². The number of hydrogen-bond donors (Lipinski definition) is 1. The SMILES string of the molecule is CC(C)NCc1cnc(N2CCN(C)C(C)C2)cn1. The van der Waals surface area contributed by atoms with Gasteiger partial charge in [0.2, 0.25) is 0 Å². The van der Waals surface area contributed by atoms with E-state index in [-0.39, 0.29) is 0 Å². The molecule has 0 saturated carbocycles. The molecule has 1 aromatic heterocycles. The Hall–Kier alpha value is -1.20. The van der Waals surface area contributed by atoms with Crippen molar-refractivity contribution in [1.29, 1.82) is 0 Å². The van der Waals surface area contributed by atoms with Gasteiger partial charge in [-0.3, -0.25) is 4.98 Å². The molecule has 0 aliphatic carbocycles. The number of aromatic nitrogens is 2. The molecular weight excluding hydrogens is 238 g/mol. The molecule has 0 bridgehead atoms. The van der Waals surface area contributed by atoms with Crippen LogP contribution in [-0.4, -0.2) is 53.6 Å². The average Bonchev–Trinajstić information content (AvgIpc) is 2.40. The third-order valence-corrected chi connectivity index (χ3v) is 3.67. The smallest absolute Gasteiger partial charge is 0.147 e. The molecular formula is C14H25N5. The second-order valence-corrected chi connectivity index (χ2v) is 5.68. The lowest BCUT2D eigenvalue weighted by molar-refractivity contribution is 0.233. The van der Waals surface area contributed by atoms with Gasteiger partial charge in [0.15, 0.2) is 0 Å². The van der Waals surface area contributed by atoms with Crippen LogP contribution in [0.3, 0.4) is 0 Å². The predicted octanol–water partition coefficient (Wildman–Crippen LogP) is 1.11. The van der Waals surface area contributed by atoms with Crippen molar-refractivity contribution >= 4 is 5.82 Å². The van der Waals surface area contributed by atoms with E-state index in [2.05, 4.69) is 52.9 Å². The molecule has 1 aliphatic rings. The minimum absolute atomic E-state index is 0.472. The van der Waals surface area contributed by atoms with Crippen molar-refractivity contribution in [3.63, 3.8) is 0 Å². The van der Waals surface area contributed by atoms with Crippen molar-refractivity contribution in [2.75, 3.05) is 31.6 Å². The van der Waals surface area contributed by atoms with Gasteiger partial charge in [0.25, 0.3) is 0 Å². The standard InChI is InChI=1S/C14H25N5/c1-11(2)15-7-13-8-17-14(9-16-13)19-6-5-18(4)12(3)10-19/h8-9,11-12,15H,5-7,10H2,1-4H3. The summed E-state index contributed by atoms with van der Waals surface area (Å²) in [4.78, 5) is 13.7. The van der Waals surface area contributed by atoms with Crippen LogP contribution in [-0.2, 0) is 6.54 Å². The van der Waals surface area contributed by atoms with Crippen molar-refractivity contribution in [2.45, 2.75) is 39.4 Å². The topological polar surface area (TPSA) is 44.3 Å². The maximum absolute atomic E-state index is 4.54. The minimum Gasteiger partial charge on any atom is -0.353 e. The summed E-state index contributed by atoms with van der Waals surface area (Å²) in [6, 6.07) is 1.04. The van der Waals surface area contributed by atoms with Crippen LogP contribution < -0.4 is 10.2 Å². The van der Waals surface area contributed by atoms with Gasteiger partial charge in [-0.1, -0.05) is 13.8 Å². The third-order valence-electron chi connectivity index (χ3n) is 3.67. The number of likely N-dealkylation sites (N-methyl/N-ethyl adjacent to an activating group) is 1. The summed E-state index contributed by atoms with van der Waals surface area (Å²) in [5, 5.41) is 3.35. The summed E-state index contributed by atoms with van der Waals surface area (Å²) < 4.78 is 0. The first-order valence-electron chi connectivity index (χ1n) is 7.05. The third kappa shape index (κ3) is 3.88. The molecule has 0 spiro atoms. The highest BCUT2D eigenvalue weighted by Gasteiger charge is 2.21. The maximum Gasteiger partial charge on any atom is 0.147 e. The van der Waals surface area contributed by atoms with Crippen molar-refractivity contribution in [3.05, 3.63) is 18.1 Å². The molecule has 106 valence electrons. The quantitative estimate of drug-likeness (QED) is 0.882. The highest BCUT2D eigenvalue weighted by molar-refractivity contribution is 5.36. The molecule has 1 saturated heterocycles. The fourth-order valence-electron chi connectivity index (χ4n) is 2.17. The van der Waals surface area contributed by atoms with Crippen LogP contribution in [0.2, 0.25) is 0 Å². The molecule has 1 aromatic rings. The molecule has 1 N–H and O–H groups in total. The average molecular weight is 263 g/mol. The van der Waals surface area contributed by atoms with Crippen LogP contribution >= 0.6 is 0 Å². The summed E-state index contributed by atoms with van der Waals surface area (Å²) >= 11 is 0. The normalized spacial score (nSPS) is 21.1. The Morgan fingerprint density at radius 1 is 1.32 bits per heavy atom. The lowest BCUT2D eigenvalue weighted by Crippen LogP contribution is -2.50. The minimum atomic E-state index is 0.472. The highest BCUT2D eigenvalue weighted by Crippen LogP contribution is 2.14. The summed E-state index contributed by atoms with van der Waals surface area (Å²) in [5.41, 5.74) is 1.000. The molecule has 0 amide bonds. The van der Waals surface area contributed by atoms with Crippen LogP contribution in [0.5, 0.6) is 0 Å². The van der Waals surface area contributed by atoms with Gasteiger partial charge in [-0.15, -0.1) is 0 Å². The van der Waals surface area contributed by atoms with Crippen LogP contribution in [0.1, 0.15) is 26.5 Å². The van der Waals surface area contributed by atoms with E-state index >= 15 is 0 Å². The molecule has 1 atom stereocenters. The van der Waals surface area contributed by atoms with Gasteiger partial charge in [0.1, 0.15) is 5.82 Å². The van der Waals surface area contributed by atoms with Gasteiger partial charge in [-0.2, -0.15) is 0 Å². The second kappa shape index (κ2) is 6.30. The van der Waals surface area contributed by atoms with E-state index in [1.54, 1.807) is 0 Å². The van der Waals surface area contributed by atoms with Crippen molar-refractivity contribution in [1.82, 2.24) is 20.2 Å². The monoisotopic (exact) mass is 263 g/mol. The highest BCUT2D eigenvalue weighted by atomic mass is 15.3. The van der Waals surface area contributed by atoms with Gasteiger partial charge in [-0.25, -0.2) is 4.98 Å². The number of anilines is 1. The van der Waals surface area contributed by atoms with Crippen LogP contribution in [0, 0.1) is 0 Å². The first kappa shape index (κ1) is 14.2. The van der Waals surface area contributed by atoms with Gasteiger partial charge < -0.3 is 15.1 Å². The van der Waals surface area contributed by atoms with Gasteiger partial charge >= 0.3 is 0 Å². The Labute approximate surface area is 116 Å². The first-order valence-corrected chi connectivity index (χ1v) is 7.05. The molecule has 0 aromatic carbocycles. The lowest BCUT2D eigenvalue weighted by atomic mass is 10.2. The Bertz CT molecular complexity index is 389. The Kier molecular flexibility index (Phi) is 4.71. The zero-order valence-electron chi connectivity index (χ0n) is 12.4. The van der Waals surface area contributed by atoms with E-state index in [1.807, 2.05) is 12.4 Å². The van der Waals surface area contributed by atoms with Crippen LogP contribution in [0.15, 0.2) is 12.4 Å². The zero-order chi connectivity index (χ0) is 13.8. The summed E-state index contributed by atoms with van der Waals surface area (Å²) in [6.07, 6.45) is 3.78. The Morgan fingerprint density at radius 2 is 2.11 bits per heavy atom. The number of nitrogens with one attached hydrogen (secondary N) is 1. The number of nitrogens with zero attached hydrogens (tertiary/aromatic N) is 4. The molecule has 2 heterocycles. The Morgan fingerprint density at radius 3 is 2.68 bits per heavy atom. The first-order chi connectivity index (χ1) is 9.06. The second-order valence-electron chi connectivity index (χ2n) is 5.68. The lowest BCUT2D eigenvalue weighted by Gasteiger charge is -2.38. The molecule has 1 aliphatic heterocycles. The number of hydrogen-bond acceptors (Lipinski definition) is 5. The fourth-order valence-corrected chi connectivity index (χ4v) is 2.17. The van der Waals surface area contributed by atoms with E-state index in [1.165, 1.54) is 0 Å². The summed E-state index contributed by atoms with van der Waals surface area (Å²) in [6.45, 7) is 10.4. The molecule has 0 radical (unpaired) electrons. The molecule has 2 rings (SSSR count). The zero-order valence-corrected chi connectivity index (χ0v) is 12.4. The fraction of sp³-hybridized carbons (Fsp3) is 0.714. The van der Waals surface area contributed by atoms with Gasteiger partial charge in [0, 0.05) is 38.3 Å². The van der Waals surface area contributed by atoms with Crippen molar-refractivity contribution < 1.29 is 0 Å². The largest absolute Gasteiger partial charge is 0.353 e. The van der Waals surface area contributed by atoms with Gasteiger partial charge in [-0.05, 0) is 14.0 Å². The van der Waals surface area contributed by atoms with Crippen molar-refractivity contribution in [2.24, 2.45) is 0 Å².